The van der Waals surface area contributed by atoms with Crippen LogP contribution in [0.3, 0.4) is 0 Å². The first-order chi connectivity index (χ1) is 15.8. The molecule has 0 bridgehead atoms. The van der Waals surface area contributed by atoms with Crippen molar-refractivity contribution >= 4 is 17.8 Å². The van der Waals surface area contributed by atoms with Gasteiger partial charge in [-0.15, -0.1) is 0 Å². The fourth-order valence-electron chi connectivity index (χ4n) is 3.53. The summed E-state index contributed by atoms with van der Waals surface area (Å²) in [5.41, 5.74) is 6.38. The number of nitrogens with zero attached hydrogens (tertiary/aromatic N) is 4. The summed E-state index contributed by atoms with van der Waals surface area (Å²) in [5, 5.41) is 6.53. The van der Waals surface area contributed by atoms with E-state index in [4.69, 9.17) is 24.7 Å². The highest BCUT2D eigenvalue weighted by molar-refractivity contribution is 5.50. The molecule has 2 aromatic rings. The maximum atomic E-state index is 5.59. The number of hydrogen-bond acceptors (Lipinski definition) is 11. The Bertz CT molecular complexity index is 864. The highest BCUT2D eigenvalue weighted by Crippen LogP contribution is 2.35. The molecule has 1 saturated heterocycles. The topological polar surface area (TPSA) is 129 Å². The van der Waals surface area contributed by atoms with Gasteiger partial charge in [0.2, 0.25) is 24.6 Å². The molecule has 11 heteroatoms. The van der Waals surface area contributed by atoms with Crippen LogP contribution in [0.4, 0.5) is 17.8 Å². The summed E-state index contributed by atoms with van der Waals surface area (Å²) in [6, 6.07) is 5.84. The van der Waals surface area contributed by atoms with E-state index >= 15 is 0 Å². The van der Waals surface area contributed by atoms with Crippen LogP contribution >= 0.6 is 0 Å². The summed E-state index contributed by atoms with van der Waals surface area (Å²) in [6.07, 6.45) is 2.29. The zero-order valence-electron chi connectivity index (χ0n) is 18.2. The highest BCUT2D eigenvalue weighted by Gasteiger charge is 2.19. The molecule has 0 spiro atoms. The van der Waals surface area contributed by atoms with Gasteiger partial charge in [-0.05, 0) is 18.9 Å². The number of nitrogens with two attached hydrogens (primary N) is 1. The summed E-state index contributed by atoms with van der Waals surface area (Å²) in [4.78, 5) is 15.9. The lowest BCUT2D eigenvalue weighted by atomic mass is 10.2. The summed E-state index contributed by atoms with van der Waals surface area (Å²) in [5.74, 6) is 3.23. The molecule has 2 aliphatic rings. The Morgan fingerprint density at radius 1 is 0.938 bits per heavy atom. The zero-order chi connectivity index (χ0) is 22.0. The van der Waals surface area contributed by atoms with E-state index in [0.29, 0.717) is 63.9 Å². The van der Waals surface area contributed by atoms with Crippen LogP contribution in [-0.4, -0.2) is 74.4 Å². The minimum absolute atomic E-state index is 0.243. The van der Waals surface area contributed by atoms with E-state index in [-0.39, 0.29) is 6.79 Å². The minimum Gasteiger partial charge on any atom is -0.454 e. The van der Waals surface area contributed by atoms with Crippen LogP contribution in [0.2, 0.25) is 0 Å². The fourth-order valence-corrected chi connectivity index (χ4v) is 3.53. The average molecular weight is 446 g/mol. The Kier molecular flexibility index (Phi) is 8.12. The van der Waals surface area contributed by atoms with Gasteiger partial charge in [0.05, 0.1) is 26.4 Å². The van der Waals surface area contributed by atoms with Gasteiger partial charge in [0.15, 0.2) is 11.5 Å². The Labute approximate surface area is 187 Å². The molecule has 0 atom stereocenters. The Morgan fingerprint density at radius 3 is 2.53 bits per heavy atom. The Morgan fingerprint density at radius 2 is 1.72 bits per heavy atom. The van der Waals surface area contributed by atoms with Crippen molar-refractivity contribution in [1.29, 1.82) is 0 Å². The molecule has 4 N–H and O–H groups in total. The second-order valence-corrected chi connectivity index (χ2v) is 7.42. The van der Waals surface area contributed by atoms with E-state index < -0.39 is 0 Å². The van der Waals surface area contributed by atoms with Crippen molar-refractivity contribution < 1.29 is 18.9 Å². The molecule has 0 saturated carbocycles. The van der Waals surface area contributed by atoms with Crippen molar-refractivity contribution in [2.24, 2.45) is 5.73 Å². The summed E-state index contributed by atoms with van der Waals surface area (Å²) >= 11 is 0. The molecule has 1 aromatic heterocycles. The third kappa shape index (κ3) is 6.09. The minimum atomic E-state index is 0.243. The lowest BCUT2D eigenvalue weighted by Crippen LogP contribution is -2.23. The van der Waals surface area contributed by atoms with E-state index in [0.717, 1.165) is 43.0 Å². The van der Waals surface area contributed by atoms with Gasteiger partial charge in [-0.3, -0.25) is 0 Å². The number of para-hydroxylation sites is 1. The molecule has 0 unspecified atom stereocenters. The molecular weight excluding hydrogens is 414 g/mol. The first kappa shape index (κ1) is 22.3. The summed E-state index contributed by atoms with van der Waals surface area (Å²) in [6.45, 7) is 5.89. The van der Waals surface area contributed by atoms with Crippen molar-refractivity contribution in [2.45, 2.75) is 19.4 Å². The predicted molar refractivity (Wildman–Crippen MR) is 120 cm³/mol. The van der Waals surface area contributed by atoms with Crippen molar-refractivity contribution in [3.05, 3.63) is 23.8 Å². The number of rotatable bonds is 13. The lowest BCUT2D eigenvalue weighted by molar-refractivity contribution is 0.0547. The van der Waals surface area contributed by atoms with Gasteiger partial charge < -0.3 is 40.2 Å². The summed E-state index contributed by atoms with van der Waals surface area (Å²) < 4.78 is 21.9. The van der Waals surface area contributed by atoms with E-state index in [1.165, 1.54) is 0 Å². The first-order valence-electron chi connectivity index (χ1n) is 11.1. The number of nitrogens with one attached hydrogen (secondary N) is 2. The summed E-state index contributed by atoms with van der Waals surface area (Å²) in [7, 11) is 0. The standard InChI is InChI=1S/C21H31N7O4/c22-6-10-29-12-13-30-11-7-23-19-25-20(27-21(26-19)28-8-1-2-9-28)24-14-16-4-3-5-17-18(16)32-15-31-17/h3-5H,1-2,6-15,22H2,(H2,23,24,25,26,27). The van der Waals surface area contributed by atoms with E-state index in [9.17, 15) is 0 Å². The van der Waals surface area contributed by atoms with Crippen LogP contribution in [0.15, 0.2) is 18.2 Å². The molecule has 1 fully saturated rings. The normalized spacial score (nSPS) is 14.7. The van der Waals surface area contributed by atoms with Crippen molar-refractivity contribution in [1.82, 2.24) is 15.0 Å². The quantitative estimate of drug-likeness (QED) is 0.385. The molecule has 32 heavy (non-hydrogen) atoms. The molecule has 0 amide bonds. The zero-order valence-corrected chi connectivity index (χ0v) is 18.2. The van der Waals surface area contributed by atoms with Gasteiger partial charge in [-0.25, -0.2) is 0 Å². The molecule has 11 nitrogen and oxygen atoms in total. The van der Waals surface area contributed by atoms with Crippen LogP contribution in [0.5, 0.6) is 11.5 Å². The highest BCUT2D eigenvalue weighted by atomic mass is 16.7. The largest absolute Gasteiger partial charge is 0.454 e. The first-order valence-corrected chi connectivity index (χ1v) is 11.1. The van der Waals surface area contributed by atoms with Gasteiger partial charge in [0.1, 0.15) is 0 Å². The van der Waals surface area contributed by atoms with Crippen LogP contribution < -0.4 is 30.7 Å². The third-order valence-corrected chi connectivity index (χ3v) is 5.09. The van der Waals surface area contributed by atoms with E-state index in [1.807, 2.05) is 18.2 Å². The van der Waals surface area contributed by atoms with Gasteiger partial charge in [0.25, 0.3) is 0 Å². The molecule has 0 aliphatic carbocycles. The van der Waals surface area contributed by atoms with Gasteiger partial charge in [0, 0.05) is 38.3 Å². The van der Waals surface area contributed by atoms with Crippen molar-refractivity contribution in [3.8, 4) is 11.5 Å². The third-order valence-electron chi connectivity index (χ3n) is 5.09. The molecular formula is C21H31N7O4. The molecule has 2 aliphatic heterocycles. The second-order valence-electron chi connectivity index (χ2n) is 7.42. The smallest absolute Gasteiger partial charge is 0.231 e. The molecule has 1 aromatic carbocycles. The molecule has 3 heterocycles. The van der Waals surface area contributed by atoms with Gasteiger partial charge in [-0.2, -0.15) is 15.0 Å². The number of aromatic nitrogens is 3. The second kappa shape index (κ2) is 11.7. The average Bonchev–Trinajstić information content (AvgIpc) is 3.52. The Balaban J connectivity index is 1.35. The number of fused-ring (bicyclic) bond motifs is 1. The monoisotopic (exact) mass is 445 g/mol. The van der Waals surface area contributed by atoms with Crippen LogP contribution in [0.1, 0.15) is 18.4 Å². The van der Waals surface area contributed by atoms with Crippen LogP contribution in [-0.2, 0) is 16.0 Å². The lowest BCUT2D eigenvalue weighted by Gasteiger charge is -2.17. The van der Waals surface area contributed by atoms with Gasteiger partial charge >= 0.3 is 0 Å². The van der Waals surface area contributed by atoms with E-state index in [2.05, 4.69) is 30.5 Å². The van der Waals surface area contributed by atoms with E-state index in [1.54, 1.807) is 0 Å². The SMILES string of the molecule is NCCOCCOCCNc1nc(NCc2cccc3c2OCO3)nc(N2CCCC2)n1. The van der Waals surface area contributed by atoms with Gasteiger partial charge in [-0.1, -0.05) is 12.1 Å². The number of benzene rings is 1. The van der Waals surface area contributed by atoms with Crippen LogP contribution in [0, 0.1) is 0 Å². The maximum absolute atomic E-state index is 5.59. The number of ether oxygens (including phenoxy) is 4. The number of anilines is 3. The van der Waals surface area contributed by atoms with Crippen molar-refractivity contribution in [3.63, 3.8) is 0 Å². The molecule has 0 radical (unpaired) electrons. The number of hydrogen-bond donors (Lipinski definition) is 3. The predicted octanol–water partition coefficient (Wildman–Crippen LogP) is 1.22. The molecule has 4 rings (SSSR count). The van der Waals surface area contributed by atoms with Crippen LogP contribution in [0.25, 0.3) is 0 Å². The Hall–Kier alpha value is -2.89. The molecule has 174 valence electrons. The fraction of sp³-hybridized carbons (Fsp3) is 0.571. The van der Waals surface area contributed by atoms with Crippen molar-refractivity contribution in [2.75, 3.05) is 74.9 Å². The maximum Gasteiger partial charge on any atom is 0.231 e.